The summed E-state index contributed by atoms with van der Waals surface area (Å²) in [6, 6.07) is 10.6. The molecule has 0 saturated carbocycles. The van der Waals surface area contributed by atoms with Gasteiger partial charge < -0.3 is 0 Å². The Hall–Kier alpha value is -2.65. The van der Waals surface area contributed by atoms with Crippen molar-refractivity contribution in [3.05, 3.63) is 67.2 Å². The lowest BCUT2D eigenvalue weighted by molar-refractivity contribution is 0.713. The summed E-state index contributed by atoms with van der Waals surface area (Å²) < 4.78 is 1.18. The van der Waals surface area contributed by atoms with Crippen LogP contribution in [0.15, 0.2) is 39.9 Å². The fraction of sp³-hybridized carbons (Fsp3) is 0.133. The molecule has 21 heavy (non-hydrogen) atoms. The largest absolute Gasteiger partial charge is 0.329 e. The number of rotatable bonds is 2. The fourth-order valence-electron chi connectivity index (χ4n) is 2.18. The van der Waals surface area contributed by atoms with Crippen LogP contribution in [0.1, 0.15) is 16.0 Å². The molecule has 2 aromatic heterocycles. The van der Waals surface area contributed by atoms with E-state index in [0.717, 1.165) is 10.4 Å². The fourth-order valence-corrected chi connectivity index (χ4v) is 3.07. The SMILES string of the molecule is Cc1cc2c(=O)n(Cc3ccc(C#N)cc3)c(=O)[nH]c2s1. The number of benzene rings is 1. The molecule has 0 atom stereocenters. The number of aryl methyl sites for hydroxylation is 1. The third-order valence-electron chi connectivity index (χ3n) is 3.22. The quantitative estimate of drug-likeness (QED) is 0.785. The molecule has 0 aliphatic heterocycles. The summed E-state index contributed by atoms with van der Waals surface area (Å²) in [4.78, 5) is 28.8. The maximum Gasteiger partial charge on any atom is 0.329 e. The Morgan fingerprint density at radius 3 is 2.67 bits per heavy atom. The molecule has 5 nitrogen and oxygen atoms in total. The first-order valence-electron chi connectivity index (χ1n) is 6.31. The number of aromatic amines is 1. The van der Waals surface area contributed by atoms with E-state index in [9.17, 15) is 9.59 Å². The second-order valence-corrected chi connectivity index (χ2v) is 5.99. The van der Waals surface area contributed by atoms with Crippen LogP contribution >= 0.6 is 11.3 Å². The molecule has 2 heterocycles. The van der Waals surface area contributed by atoms with Crippen LogP contribution in [0.3, 0.4) is 0 Å². The summed E-state index contributed by atoms with van der Waals surface area (Å²) in [7, 11) is 0. The van der Waals surface area contributed by atoms with Crippen LogP contribution in [-0.2, 0) is 6.54 Å². The molecule has 0 aliphatic rings. The first-order valence-corrected chi connectivity index (χ1v) is 7.12. The smallest absolute Gasteiger partial charge is 0.298 e. The Balaban J connectivity index is 2.09. The van der Waals surface area contributed by atoms with Gasteiger partial charge in [0.25, 0.3) is 5.56 Å². The van der Waals surface area contributed by atoms with E-state index in [2.05, 4.69) is 4.98 Å². The molecule has 0 amide bonds. The summed E-state index contributed by atoms with van der Waals surface area (Å²) in [5.41, 5.74) is 0.637. The second-order valence-electron chi connectivity index (χ2n) is 4.73. The first-order chi connectivity index (χ1) is 10.1. The van der Waals surface area contributed by atoms with E-state index in [1.54, 1.807) is 30.3 Å². The Bertz CT molecular complexity index is 971. The summed E-state index contributed by atoms with van der Waals surface area (Å²) in [6.45, 7) is 2.08. The maximum absolute atomic E-state index is 12.4. The van der Waals surface area contributed by atoms with Gasteiger partial charge in [0, 0.05) is 4.88 Å². The van der Waals surface area contributed by atoms with Crippen molar-refractivity contribution in [1.82, 2.24) is 9.55 Å². The van der Waals surface area contributed by atoms with Crippen molar-refractivity contribution in [1.29, 1.82) is 5.26 Å². The van der Waals surface area contributed by atoms with Crippen molar-refractivity contribution in [2.45, 2.75) is 13.5 Å². The van der Waals surface area contributed by atoms with Gasteiger partial charge >= 0.3 is 5.69 Å². The summed E-state index contributed by atoms with van der Waals surface area (Å²) in [5.74, 6) is 0. The van der Waals surface area contributed by atoms with Crippen LogP contribution in [0.2, 0.25) is 0 Å². The monoisotopic (exact) mass is 297 g/mol. The Kier molecular flexibility index (Phi) is 3.20. The molecule has 3 aromatic rings. The maximum atomic E-state index is 12.4. The zero-order chi connectivity index (χ0) is 15.0. The van der Waals surface area contributed by atoms with Crippen LogP contribution in [0.4, 0.5) is 0 Å². The highest BCUT2D eigenvalue weighted by Crippen LogP contribution is 2.18. The van der Waals surface area contributed by atoms with Crippen molar-refractivity contribution < 1.29 is 0 Å². The Morgan fingerprint density at radius 2 is 2.00 bits per heavy atom. The van der Waals surface area contributed by atoms with Gasteiger partial charge in [-0.05, 0) is 30.7 Å². The molecule has 0 unspecified atom stereocenters. The molecule has 3 rings (SSSR count). The third-order valence-corrected chi connectivity index (χ3v) is 4.19. The highest BCUT2D eigenvalue weighted by atomic mass is 32.1. The number of fused-ring (bicyclic) bond motifs is 1. The Morgan fingerprint density at radius 1 is 1.29 bits per heavy atom. The lowest BCUT2D eigenvalue weighted by atomic mass is 10.1. The minimum Gasteiger partial charge on any atom is -0.298 e. The standard InChI is InChI=1S/C15H11N3O2S/c1-9-6-12-13(21-9)17-15(20)18(14(12)19)8-11-4-2-10(7-16)3-5-11/h2-6H,8H2,1H3,(H,17,20). The van der Waals surface area contributed by atoms with Gasteiger partial charge in [-0.25, -0.2) is 4.79 Å². The van der Waals surface area contributed by atoms with Crippen LogP contribution in [0.5, 0.6) is 0 Å². The number of thiophene rings is 1. The number of H-pyrrole nitrogens is 1. The topological polar surface area (TPSA) is 78.7 Å². The van der Waals surface area contributed by atoms with Crippen molar-refractivity contribution in [3.63, 3.8) is 0 Å². The van der Waals surface area contributed by atoms with Gasteiger partial charge in [-0.2, -0.15) is 5.26 Å². The third kappa shape index (κ3) is 2.39. The number of hydrogen-bond acceptors (Lipinski definition) is 4. The number of nitrogens with one attached hydrogen (secondary N) is 1. The van der Waals surface area contributed by atoms with Crippen molar-refractivity contribution in [3.8, 4) is 6.07 Å². The average molecular weight is 297 g/mol. The summed E-state index contributed by atoms with van der Waals surface area (Å²) >= 11 is 1.40. The van der Waals surface area contributed by atoms with E-state index >= 15 is 0 Å². The molecule has 0 radical (unpaired) electrons. The van der Waals surface area contributed by atoms with Crippen LogP contribution in [0, 0.1) is 18.3 Å². The van der Waals surface area contributed by atoms with Gasteiger partial charge in [0.2, 0.25) is 0 Å². The second kappa shape index (κ2) is 5.04. The number of nitriles is 1. The van der Waals surface area contributed by atoms with Gasteiger partial charge in [-0.15, -0.1) is 11.3 Å². The van der Waals surface area contributed by atoms with Crippen molar-refractivity contribution in [2.24, 2.45) is 0 Å². The average Bonchev–Trinajstić information content (AvgIpc) is 2.85. The van der Waals surface area contributed by atoms with E-state index < -0.39 is 5.69 Å². The Labute approximate surface area is 123 Å². The van der Waals surface area contributed by atoms with Crippen LogP contribution < -0.4 is 11.2 Å². The molecule has 0 aliphatic carbocycles. The van der Waals surface area contributed by atoms with E-state index in [1.165, 1.54) is 15.9 Å². The van der Waals surface area contributed by atoms with Crippen LogP contribution in [-0.4, -0.2) is 9.55 Å². The van der Waals surface area contributed by atoms with E-state index in [0.29, 0.717) is 15.8 Å². The van der Waals surface area contributed by atoms with Gasteiger partial charge in [-0.3, -0.25) is 14.3 Å². The molecule has 0 bridgehead atoms. The molecule has 0 saturated heterocycles. The number of nitrogens with zero attached hydrogens (tertiary/aromatic N) is 2. The van der Waals surface area contributed by atoms with Gasteiger partial charge in [0.15, 0.2) is 0 Å². The normalized spacial score (nSPS) is 10.7. The zero-order valence-electron chi connectivity index (χ0n) is 11.2. The van der Waals surface area contributed by atoms with Gasteiger partial charge in [0.1, 0.15) is 4.83 Å². The van der Waals surface area contributed by atoms with Crippen LogP contribution in [0.25, 0.3) is 10.2 Å². The van der Waals surface area contributed by atoms with Gasteiger partial charge in [0.05, 0.1) is 23.6 Å². The van der Waals surface area contributed by atoms with Crippen molar-refractivity contribution >= 4 is 21.6 Å². The number of aromatic nitrogens is 2. The highest BCUT2D eigenvalue weighted by Gasteiger charge is 2.10. The predicted molar refractivity (Wildman–Crippen MR) is 81.7 cm³/mol. The molecule has 6 heteroatoms. The molecule has 104 valence electrons. The highest BCUT2D eigenvalue weighted by molar-refractivity contribution is 7.18. The summed E-state index contributed by atoms with van der Waals surface area (Å²) in [6.07, 6.45) is 0. The zero-order valence-corrected chi connectivity index (χ0v) is 12.0. The molecule has 1 N–H and O–H groups in total. The molecule has 0 spiro atoms. The molecule has 1 aromatic carbocycles. The minimum absolute atomic E-state index is 0.185. The molecular formula is C15H11N3O2S. The van der Waals surface area contributed by atoms with Crippen molar-refractivity contribution in [2.75, 3.05) is 0 Å². The van der Waals surface area contributed by atoms with E-state index in [4.69, 9.17) is 5.26 Å². The minimum atomic E-state index is -0.418. The van der Waals surface area contributed by atoms with Gasteiger partial charge in [-0.1, -0.05) is 12.1 Å². The number of hydrogen-bond donors (Lipinski definition) is 1. The predicted octanol–water partition coefficient (Wildman–Crippen LogP) is 1.98. The lowest BCUT2D eigenvalue weighted by Crippen LogP contribution is -2.34. The summed E-state index contributed by atoms with van der Waals surface area (Å²) in [5, 5.41) is 9.30. The molecular weight excluding hydrogens is 286 g/mol. The first kappa shape index (κ1) is 13.3. The van der Waals surface area contributed by atoms with E-state index in [-0.39, 0.29) is 12.1 Å². The lowest BCUT2D eigenvalue weighted by Gasteiger charge is -2.05. The van der Waals surface area contributed by atoms with E-state index in [1.807, 2.05) is 13.0 Å². The molecule has 0 fully saturated rings.